The van der Waals surface area contributed by atoms with Crippen molar-refractivity contribution in [3.63, 3.8) is 0 Å². The Labute approximate surface area is 90.9 Å². The number of halogens is 2. The van der Waals surface area contributed by atoms with Gasteiger partial charge in [-0.25, -0.2) is 4.98 Å². The van der Waals surface area contributed by atoms with Crippen molar-refractivity contribution in [2.24, 2.45) is 5.73 Å². The molecule has 0 aliphatic rings. The van der Waals surface area contributed by atoms with Gasteiger partial charge >= 0.3 is 0 Å². The van der Waals surface area contributed by atoms with Gasteiger partial charge in [-0.1, -0.05) is 0 Å². The summed E-state index contributed by atoms with van der Waals surface area (Å²) in [6.45, 7) is 1.45. The molecule has 0 saturated heterocycles. The van der Waals surface area contributed by atoms with Gasteiger partial charge in [0.1, 0.15) is 0 Å². The van der Waals surface area contributed by atoms with Crippen LogP contribution < -0.4 is 11.1 Å². The summed E-state index contributed by atoms with van der Waals surface area (Å²) in [5.74, 6) is 0. The molecular weight excluding hydrogens is 294 g/mol. The van der Waals surface area contributed by atoms with E-state index in [-0.39, 0.29) is 34.0 Å². The molecule has 0 bridgehead atoms. The highest BCUT2D eigenvalue weighted by molar-refractivity contribution is 8.93. The van der Waals surface area contributed by atoms with E-state index < -0.39 is 0 Å². The number of rotatable bonds is 3. The van der Waals surface area contributed by atoms with Gasteiger partial charge in [-0.3, -0.25) is 0 Å². The fourth-order valence-corrected chi connectivity index (χ4v) is 1.05. The Bertz CT molecular complexity index is 157. The number of thiazole rings is 1. The Morgan fingerprint density at radius 2 is 2.27 bits per heavy atom. The Hall–Kier alpha value is 0.350. The SMILES string of the molecule is Br.Br.NCCNc1nccs1. The molecule has 0 unspecified atom stereocenters. The first kappa shape index (κ1) is 13.9. The minimum Gasteiger partial charge on any atom is -0.360 e. The van der Waals surface area contributed by atoms with Crippen LogP contribution >= 0.6 is 45.3 Å². The van der Waals surface area contributed by atoms with E-state index in [9.17, 15) is 0 Å². The van der Waals surface area contributed by atoms with E-state index in [0.717, 1.165) is 11.7 Å². The molecule has 0 aromatic carbocycles. The highest BCUT2D eigenvalue weighted by Crippen LogP contribution is 2.08. The third kappa shape index (κ3) is 5.60. The lowest BCUT2D eigenvalue weighted by molar-refractivity contribution is 1.02. The minimum absolute atomic E-state index is 0. The maximum absolute atomic E-state index is 5.26. The van der Waals surface area contributed by atoms with Gasteiger partial charge in [0.2, 0.25) is 0 Å². The van der Waals surface area contributed by atoms with Crippen LogP contribution in [-0.2, 0) is 0 Å². The average Bonchev–Trinajstić information content (AvgIpc) is 2.34. The molecule has 0 spiro atoms. The van der Waals surface area contributed by atoms with Crippen LogP contribution in [0.4, 0.5) is 5.13 Å². The molecule has 1 aromatic rings. The normalized spacial score (nSPS) is 7.73. The van der Waals surface area contributed by atoms with Crippen molar-refractivity contribution >= 4 is 50.4 Å². The third-order valence-electron chi connectivity index (χ3n) is 0.853. The van der Waals surface area contributed by atoms with Crippen molar-refractivity contribution in [2.45, 2.75) is 0 Å². The molecule has 0 saturated carbocycles. The fourth-order valence-electron chi connectivity index (χ4n) is 0.490. The van der Waals surface area contributed by atoms with Crippen LogP contribution in [0.3, 0.4) is 0 Å². The summed E-state index contributed by atoms with van der Waals surface area (Å²) in [4.78, 5) is 4.01. The van der Waals surface area contributed by atoms with E-state index in [1.807, 2.05) is 5.38 Å². The van der Waals surface area contributed by atoms with Crippen LogP contribution in [0.15, 0.2) is 11.6 Å². The number of nitrogens with zero attached hydrogens (tertiary/aromatic N) is 1. The summed E-state index contributed by atoms with van der Waals surface area (Å²) in [5.41, 5.74) is 5.26. The molecular formula is C5H11Br2N3S. The molecule has 3 nitrogen and oxygen atoms in total. The number of nitrogens with one attached hydrogen (secondary N) is 1. The summed E-state index contributed by atoms with van der Waals surface area (Å²) < 4.78 is 0. The van der Waals surface area contributed by atoms with E-state index >= 15 is 0 Å². The Kier molecular flexibility index (Phi) is 10.7. The Morgan fingerprint density at radius 3 is 2.73 bits per heavy atom. The van der Waals surface area contributed by atoms with Gasteiger partial charge in [-0.2, -0.15) is 0 Å². The standard InChI is InChI=1S/C5H9N3S.2BrH/c6-1-2-7-5-8-3-4-9-5;;/h3-4H,1-2,6H2,(H,7,8);2*1H. The number of anilines is 1. The molecule has 0 radical (unpaired) electrons. The van der Waals surface area contributed by atoms with Crippen molar-refractivity contribution < 1.29 is 0 Å². The van der Waals surface area contributed by atoms with Gasteiger partial charge in [-0.15, -0.1) is 45.3 Å². The predicted molar refractivity (Wildman–Crippen MR) is 60.3 cm³/mol. The number of aromatic nitrogens is 1. The highest BCUT2D eigenvalue weighted by atomic mass is 79.9. The van der Waals surface area contributed by atoms with Crippen molar-refractivity contribution in [1.29, 1.82) is 0 Å². The monoisotopic (exact) mass is 303 g/mol. The van der Waals surface area contributed by atoms with Crippen LogP contribution in [0.25, 0.3) is 0 Å². The fraction of sp³-hybridized carbons (Fsp3) is 0.400. The van der Waals surface area contributed by atoms with E-state index in [2.05, 4.69) is 10.3 Å². The molecule has 11 heavy (non-hydrogen) atoms. The Balaban J connectivity index is 0. The maximum atomic E-state index is 5.26. The molecule has 3 N–H and O–H groups in total. The van der Waals surface area contributed by atoms with E-state index in [0.29, 0.717) is 6.54 Å². The van der Waals surface area contributed by atoms with E-state index in [1.165, 1.54) is 0 Å². The second-order valence-corrected chi connectivity index (χ2v) is 2.45. The van der Waals surface area contributed by atoms with Crippen LogP contribution in [0, 0.1) is 0 Å². The Morgan fingerprint density at radius 1 is 1.55 bits per heavy atom. The summed E-state index contributed by atoms with van der Waals surface area (Å²) in [6, 6.07) is 0. The first-order chi connectivity index (χ1) is 4.43. The number of hydrogen-bond acceptors (Lipinski definition) is 4. The van der Waals surface area contributed by atoms with E-state index in [1.54, 1.807) is 17.5 Å². The molecule has 1 rings (SSSR count). The first-order valence-corrected chi connectivity index (χ1v) is 3.65. The van der Waals surface area contributed by atoms with Gasteiger partial charge in [0.15, 0.2) is 5.13 Å². The number of nitrogens with two attached hydrogens (primary N) is 1. The molecule has 66 valence electrons. The van der Waals surface area contributed by atoms with Crippen molar-refractivity contribution in [1.82, 2.24) is 4.98 Å². The van der Waals surface area contributed by atoms with E-state index in [4.69, 9.17) is 5.73 Å². The lowest BCUT2D eigenvalue weighted by Gasteiger charge is -1.95. The molecule has 0 atom stereocenters. The quantitative estimate of drug-likeness (QED) is 0.893. The second-order valence-electron chi connectivity index (χ2n) is 1.55. The van der Waals surface area contributed by atoms with Crippen molar-refractivity contribution in [2.75, 3.05) is 18.4 Å². The second kappa shape index (κ2) is 8.45. The van der Waals surface area contributed by atoms with Crippen molar-refractivity contribution in [3.8, 4) is 0 Å². The van der Waals surface area contributed by atoms with Gasteiger partial charge in [0, 0.05) is 24.7 Å². The largest absolute Gasteiger partial charge is 0.360 e. The highest BCUT2D eigenvalue weighted by Gasteiger charge is 1.88. The zero-order chi connectivity index (χ0) is 6.53. The number of hydrogen-bond donors (Lipinski definition) is 2. The average molecular weight is 305 g/mol. The van der Waals surface area contributed by atoms with Crippen LogP contribution in [0.2, 0.25) is 0 Å². The van der Waals surface area contributed by atoms with Crippen molar-refractivity contribution in [3.05, 3.63) is 11.6 Å². The topological polar surface area (TPSA) is 50.9 Å². The molecule has 0 aliphatic carbocycles. The summed E-state index contributed by atoms with van der Waals surface area (Å²) >= 11 is 1.59. The van der Waals surface area contributed by atoms with Crippen LogP contribution in [0.5, 0.6) is 0 Å². The van der Waals surface area contributed by atoms with Gasteiger partial charge in [0.25, 0.3) is 0 Å². The summed E-state index contributed by atoms with van der Waals surface area (Å²) in [7, 11) is 0. The predicted octanol–water partition coefficient (Wildman–Crippen LogP) is 1.67. The minimum atomic E-state index is 0. The molecule has 0 fully saturated rings. The summed E-state index contributed by atoms with van der Waals surface area (Å²) in [5, 5.41) is 5.93. The molecule has 1 aromatic heterocycles. The van der Waals surface area contributed by atoms with Crippen LogP contribution in [0.1, 0.15) is 0 Å². The molecule has 1 heterocycles. The van der Waals surface area contributed by atoms with Gasteiger partial charge in [0.05, 0.1) is 0 Å². The van der Waals surface area contributed by atoms with Gasteiger partial charge in [-0.05, 0) is 0 Å². The lowest BCUT2D eigenvalue weighted by atomic mass is 10.7. The lowest BCUT2D eigenvalue weighted by Crippen LogP contribution is -2.12. The smallest absolute Gasteiger partial charge is 0.182 e. The summed E-state index contributed by atoms with van der Waals surface area (Å²) in [6.07, 6.45) is 1.77. The first-order valence-electron chi connectivity index (χ1n) is 2.77. The molecule has 6 heteroatoms. The molecule has 0 aliphatic heterocycles. The molecule has 0 amide bonds. The zero-order valence-corrected chi connectivity index (χ0v) is 10.1. The zero-order valence-electron chi connectivity index (χ0n) is 5.82. The van der Waals surface area contributed by atoms with Gasteiger partial charge < -0.3 is 11.1 Å². The third-order valence-corrected chi connectivity index (χ3v) is 1.58. The van der Waals surface area contributed by atoms with Crippen LogP contribution in [-0.4, -0.2) is 18.1 Å². The maximum Gasteiger partial charge on any atom is 0.182 e.